The third kappa shape index (κ3) is 2.18. The van der Waals surface area contributed by atoms with Gasteiger partial charge in [-0.05, 0) is 6.42 Å². The first-order valence-electron chi connectivity index (χ1n) is 3.96. The minimum absolute atomic E-state index is 0.229. The zero-order valence-electron chi connectivity index (χ0n) is 7.61. The van der Waals surface area contributed by atoms with Gasteiger partial charge in [-0.3, -0.25) is 4.79 Å². The topological polar surface area (TPSA) is 61.8 Å². The van der Waals surface area contributed by atoms with Crippen molar-refractivity contribution in [2.75, 3.05) is 20.8 Å². The number of carbonyl (C=O) groups excluding carboxylic acids is 2. The summed E-state index contributed by atoms with van der Waals surface area (Å²) < 4.78 is 14.1. The summed E-state index contributed by atoms with van der Waals surface area (Å²) in [4.78, 5) is 22.0. The molecule has 0 unspecified atom stereocenters. The van der Waals surface area contributed by atoms with E-state index in [1.807, 2.05) is 0 Å². The van der Waals surface area contributed by atoms with Crippen molar-refractivity contribution in [3.8, 4) is 0 Å². The number of ether oxygens (including phenoxy) is 3. The first-order valence-corrected chi connectivity index (χ1v) is 3.96. The van der Waals surface area contributed by atoms with E-state index in [4.69, 9.17) is 4.74 Å². The minimum Gasteiger partial charge on any atom is -0.469 e. The quantitative estimate of drug-likeness (QED) is 0.558. The smallest absolute Gasteiger partial charge is 0.334 e. The van der Waals surface area contributed by atoms with Crippen molar-refractivity contribution in [1.29, 1.82) is 0 Å². The molecule has 0 amide bonds. The molecule has 1 aliphatic rings. The van der Waals surface area contributed by atoms with E-state index in [-0.39, 0.29) is 18.5 Å². The van der Waals surface area contributed by atoms with E-state index in [1.165, 1.54) is 14.2 Å². The normalized spacial score (nSPS) is 26.9. The lowest BCUT2D eigenvalue weighted by molar-refractivity contribution is -0.151. The molecule has 1 heterocycles. The van der Waals surface area contributed by atoms with Crippen LogP contribution < -0.4 is 0 Å². The second-order valence-corrected chi connectivity index (χ2v) is 2.80. The predicted octanol–water partition coefficient (Wildman–Crippen LogP) is -0.263. The first kappa shape index (κ1) is 9.98. The number of hydrogen-bond donors (Lipinski definition) is 0. The van der Waals surface area contributed by atoms with Crippen molar-refractivity contribution in [2.24, 2.45) is 5.92 Å². The average molecular weight is 188 g/mol. The molecule has 5 heteroatoms. The van der Waals surface area contributed by atoms with Gasteiger partial charge in [0.2, 0.25) is 0 Å². The van der Waals surface area contributed by atoms with Gasteiger partial charge in [0.15, 0.2) is 6.10 Å². The second kappa shape index (κ2) is 4.23. The maximum absolute atomic E-state index is 11.0. The van der Waals surface area contributed by atoms with E-state index >= 15 is 0 Å². The van der Waals surface area contributed by atoms with Crippen molar-refractivity contribution >= 4 is 11.9 Å². The van der Waals surface area contributed by atoms with Gasteiger partial charge >= 0.3 is 11.9 Å². The zero-order chi connectivity index (χ0) is 9.84. The second-order valence-electron chi connectivity index (χ2n) is 2.80. The molecule has 0 radical (unpaired) electrons. The van der Waals surface area contributed by atoms with E-state index < -0.39 is 12.1 Å². The minimum atomic E-state index is -0.617. The largest absolute Gasteiger partial charge is 0.469 e. The Morgan fingerprint density at radius 3 is 2.38 bits per heavy atom. The molecule has 1 fully saturated rings. The van der Waals surface area contributed by atoms with Gasteiger partial charge in [-0.2, -0.15) is 0 Å². The number of esters is 2. The molecule has 0 aromatic rings. The van der Waals surface area contributed by atoms with Crippen molar-refractivity contribution < 1.29 is 23.8 Å². The molecule has 74 valence electrons. The summed E-state index contributed by atoms with van der Waals surface area (Å²) in [6.45, 7) is 0.229. The highest BCUT2D eigenvalue weighted by Gasteiger charge is 2.36. The molecule has 0 saturated carbocycles. The summed E-state index contributed by atoms with van der Waals surface area (Å²) in [7, 11) is 2.60. The number of methoxy groups -OCH3 is 2. The van der Waals surface area contributed by atoms with Crippen molar-refractivity contribution in [1.82, 2.24) is 0 Å². The molecule has 1 rings (SSSR count). The van der Waals surface area contributed by atoms with Crippen molar-refractivity contribution in [3.63, 3.8) is 0 Å². The standard InChI is InChI=1S/C8H12O5/c1-11-7(9)5-3-6(13-4-5)8(10)12-2/h5-6H,3-4H2,1-2H3/t5-,6+/m1/s1. The van der Waals surface area contributed by atoms with E-state index in [1.54, 1.807) is 0 Å². The molecule has 0 spiro atoms. The molecular formula is C8H12O5. The Morgan fingerprint density at radius 2 is 1.85 bits per heavy atom. The Labute approximate surface area is 76.0 Å². The molecule has 0 bridgehead atoms. The summed E-state index contributed by atoms with van der Waals surface area (Å²) >= 11 is 0. The van der Waals surface area contributed by atoms with Crippen LogP contribution >= 0.6 is 0 Å². The van der Waals surface area contributed by atoms with Crippen LogP contribution in [0.1, 0.15) is 6.42 Å². The average Bonchev–Trinajstić information content (AvgIpc) is 2.64. The van der Waals surface area contributed by atoms with Crippen LogP contribution in [0.2, 0.25) is 0 Å². The van der Waals surface area contributed by atoms with E-state index in [2.05, 4.69) is 9.47 Å². The fourth-order valence-corrected chi connectivity index (χ4v) is 1.25. The summed E-state index contributed by atoms with van der Waals surface area (Å²) in [6.07, 6.45) is -0.270. The lowest BCUT2D eigenvalue weighted by atomic mass is 10.1. The number of rotatable bonds is 2. The van der Waals surface area contributed by atoms with E-state index in [0.717, 1.165) is 0 Å². The molecule has 0 N–H and O–H groups in total. The molecule has 0 aromatic carbocycles. The Kier molecular flexibility index (Phi) is 3.25. The van der Waals surface area contributed by atoms with Crippen LogP contribution in [0, 0.1) is 5.92 Å². The maximum Gasteiger partial charge on any atom is 0.334 e. The maximum atomic E-state index is 11.0. The van der Waals surface area contributed by atoms with Gasteiger partial charge < -0.3 is 14.2 Å². The van der Waals surface area contributed by atoms with Crippen LogP contribution in [0.5, 0.6) is 0 Å². The molecule has 13 heavy (non-hydrogen) atoms. The molecule has 5 nitrogen and oxygen atoms in total. The molecule has 1 aliphatic heterocycles. The van der Waals surface area contributed by atoms with Crippen LogP contribution in [0.15, 0.2) is 0 Å². The van der Waals surface area contributed by atoms with E-state index in [9.17, 15) is 9.59 Å². The van der Waals surface area contributed by atoms with Gasteiger partial charge in [-0.1, -0.05) is 0 Å². The summed E-state index contributed by atoms with van der Waals surface area (Å²) in [5.74, 6) is -1.12. The third-order valence-corrected chi connectivity index (χ3v) is 2.00. The Balaban J connectivity index is 2.44. The summed E-state index contributed by atoms with van der Waals surface area (Å²) in [5, 5.41) is 0. The first-order chi connectivity index (χ1) is 6.19. The van der Waals surface area contributed by atoms with Gasteiger partial charge in [-0.25, -0.2) is 4.79 Å². The Morgan fingerprint density at radius 1 is 1.23 bits per heavy atom. The third-order valence-electron chi connectivity index (χ3n) is 2.00. The zero-order valence-corrected chi connectivity index (χ0v) is 7.61. The highest BCUT2D eigenvalue weighted by molar-refractivity contribution is 5.78. The Bertz CT molecular complexity index is 191. The molecule has 0 aromatic heterocycles. The molecule has 1 saturated heterocycles. The lowest BCUT2D eigenvalue weighted by Crippen LogP contribution is -2.22. The highest BCUT2D eigenvalue weighted by atomic mass is 16.6. The predicted molar refractivity (Wildman–Crippen MR) is 41.9 cm³/mol. The van der Waals surface area contributed by atoms with Crippen LogP contribution in [0.3, 0.4) is 0 Å². The summed E-state index contributed by atoms with van der Waals surface area (Å²) in [6, 6.07) is 0. The Hall–Kier alpha value is -1.10. The van der Waals surface area contributed by atoms with Gasteiger partial charge in [0, 0.05) is 0 Å². The van der Waals surface area contributed by atoms with Gasteiger partial charge in [0.1, 0.15) is 0 Å². The number of hydrogen-bond acceptors (Lipinski definition) is 5. The summed E-state index contributed by atoms with van der Waals surface area (Å²) in [5.41, 5.74) is 0. The van der Waals surface area contributed by atoms with Crippen LogP contribution in [0.4, 0.5) is 0 Å². The van der Waals surface area contributed by atoms with Crippen molar-refractivity contribution in [3.05, 3.63) is 0 Å². The van der Waals surface area contributed by atoms with Crippen LogP contribution in [0.25, 0.3) is 0 Å². The van der Waals surface area contributed by atoms with Gasteiger partial charge in [0.05, 0.1) is 26.7 Å². The molecular weight excluding hydrogens is 176 g/mol. The van der Waals surface area contributed by atoms with Gasteiger partial charge in [-0.15, -0.1) is 0 Å². The van der Waals surface area contributed by atoms with Crippen LogP contribution in [-0.4, -0.2) is 38.9 Å². The SMILES string of the molecule is COC(=O)[C@H]1CO[C@H](C(=O)OC)C1. The molecule has 2 atom stereocenters. The lowest BCUT2D eigenvalue weighted by Gasteiger charge is -2.05. The fraction of sp³-hybridized carbons (Fsp3) is 0.750. The van der Waals surface area contributed by atoms with Crippen LogP contribution in [-0.2, 0) is 23.8 Å². The monoisotopic (exact) mass is 188 g/mol. The van der Waals surface area contributed by atoms with Gasteiger partial charge in [0.25, 0.3) is 0 Å². The van der Waals surface area contributed by atoms with Crippen molar-refractivity contribution in [2.45, 2.75) is 12.5 Å². The molecule has 0 aliphatic carbocycles. The van der Waals surface area contributed by atoms with E-state index in [0.29, 0.717) is 6.42 Å². The number of carbonyl (C=O) groups is 2. The highest BCUT2D eigenvalue weighted by Crippen LogP contribution is 2.21. The fourth-order valence-electron chi connectivity index (χ4n) is 1.25.